The molecule has 0 aliphatic heterocycles. The van der Waals surface area contributed by atoms with Crippen LogP contribution in [0.4, 0.5) is 8.78 Å². The SMILES string of the molecule is Cc1ccc(C(O)C(F)(F)Br)o1. The van der Waals surface area contributed by atoms with E-state index in [1.165, 1.54) is 12.1 Å². The highest BCUT2D eigenvalue weighted by Crippen LogP contribution is 2.36. The zero-order valence-electron chi connectivity index (χ0n) is 6.22. The Hall–Kier alpha value is -0.420. The molecule has 2 nitrogen and oxygen atoms in total. The van der Waals surface area contributed by atoms with Gasteiger partial charge in [-0.2, -0.15) is 8.78 Å². The number of alkyl halides is 3. The maximum atomic E-state index is 12.4. The molecule has 1 rings (SSSR count). The lowest BCUT2D eigenvalue weighted by Gasteiger charge is -2.13. The highest BCUT2D eigenvalue weighted by Gasteiger charge is 2.38. The first-order valence-corrected chi connectivity index (χ1v) is 4.01. The number of halogens is 3. The summed E-state index contributed by atoms with van der Waals surface area (Å²) >= 11 is 2.05. The van der Waals surface area contributed by atoms with Crippen molar-refractivity contribution in [1.29, 1.82) is 0 Å². The Bertz CT molecular complexity index is 267. The van der Waals surface area contributed by atoms with E-state index in [-0.39, 0.29) is 5.76 Å². The molecule has 1 aromatic heterocycles. The molecule has 12 heavy (non-hydrogen) atoms. The molecular weight excluding hydrogens is 234 g/mol. The van der Waals surface area contributed by atoms with Crippen molar-refractivity contribution >= 4 is 15.9 Å². The standard InChI is InChI=1S/C7H7BrF2O2/c1-4-2-3-5(12-4)6(11)7(8,9)10/h2-3,6,11H,1H3. The Kier molecular flexibility index (Phi) is 2.53. The largest absolute Gasteiger partial charge is 0.463 e. The lowest BCUT2D eigenvalue weighted by molar-refractivity contribution is -0.0405. The van der Waals surface area contributed by atoms with Gasteiger partial charge in [-0.25, -0.2) is 0 Å². The van der Waals surface area contributed by atoms with Crippen LogP contribution in [-0.2, 0) is 0 Å². The molecule has 1 aromatic rings. The molecule has 0 aromatic carbocycles. The molecule has 0 saturated heterocycles. The van der Waals surface area contributed by atoms with E-state index in [1.807, 2.05) is 15.9 Å². The summed E-state index contributed by atoms with van der Waals surface area (Å²) in [5.74, 6) is 0.343. The molecule has 0 bridgehead atoms. The predicted molar refractivity (Wildman–Crippen MR) is 42.3 cm³/mol. The Labute approximate surface area is 76.3 Å². The number of hydrogen-bond acceptors (Lipinski definition) is 2. The summed E-state index contributed by atoms with van der Waals surface area (Å²) in [5.41, 5.74) is 0. The number of aliphatic hydroxyl groups is 1. The average Bonchev–Trinajstić information content (AvgIpc) is 2.32. The molecule has 0 aliphatic rings. The minimum Gasteiger partial charge on any atom is -0.463 e. The molecular formula is C7H7BrF2O2. The first-order chi connectivity index (χ1) is 5.41. The van der Waals surface area contributed by atoms with Crippen molar-refractivity contribution in [1.82, 2.24) is 0 Å². The van der Waals surface area contributed by atoms with Crippen LogP contribution in [0.3, 0.4) is 0 Å². The van der Waals surface area contributed by atoms with Crippen LogP contribution in [-0.4, -0.2) is 9.94 Å². The third kappa shape index (κ3) is 2.04. The molecule has 1 unspecified atom stereocenters. The van der Waals surface area contributed by atoms with E-state index >= 15 is 0 Å². The molecule has 0 radical (unpaired) electrons. The molecule has 5 heteroatoms. The van der Waals surface area contributed by atoms with Crippen LogP contribution in [0.2, 0.25) is 0 Å². The summed E-state index contributed by atoms with van der Waals surface area (Å²) in [6.07, 6.45) is -1.94. The molecule has 0 aliphatic carbocycles. The Morgan fingerprint density at radius 1 is 1.58 bits per heavy atom. The quantitative estimate of drug-likeness (QED) is 0.807. The van der Waals surface area contributed by atoms with Crippen LogP contribution in [0.25, 0.3) is 0 Å². The van der Waals surface area contributed by atoms with E-state index in [0.717, 1.165) is 0 Å². The van der Waals surface area contributed by atoms with Crippen LogP contribution in [0.5, 0.6) is 0 Å². The number of aliphatic hydroxyl groups excluding tert-OH is 1. The van der Waals surface area contributed by atoms with Crippen molar-refractivity contribution in [2.24, 2.45) is 0 Å². The molecule has 68 valence electrons. The van der Waals surface area contributed by atoms with Gasteiger partial charge >= 0.3 is 4.83 Å². The average molecular weight is 241 g/mol. The number of rotatable bonds is 2. The van der Waals surface area contributed by atoms with Crippen molar-refractivity contribution < 1.29 is 18.3 Å². The van der Waals surface area contributed by atoms with Gasteiger partial charge in [0.15, 0.2) is 6.10 Å². The second-order valence-corrected chi connectivity index (χ2v) is 3.45. The Balaban J connectivity index is 2.85. The molecule has 0 amide bonds. The monoisotopic (exact) mass is 240 g/mol. The number of furan rings is 1. The smallest absolute Gasteiger partial charge is 0.333 e. The van der Waals surface area contributed by atoms with E-state index in [9.17, 15) is 8.78 Å². The third-order valence-electron chi connectivity index (χ3n) is 1.34. The maximum Gasteiger partial charge on any atom is 0.333 e. The van der Waals surface area contributed by atoms with Crippen LogP contribution in [0, 0.1) is 6.92 Å². The van der Waals surface area contributed by atoms with Crippen molar-refractivity contribution in [3.8, 4) is 0 Å². The minimum atomic E-state index is -3.35. The Morgan fingerprint density at radius 3 is 2.50 bits per heavy atom. The van der Waals surface area contributed by atoms with Gasteiger partial charge < -0.3 is 9.52 Å². The van der Waals surface area contributed by atoms with E-state index in [4.69, 9.17) is 9.52 Å². The van der Waals surface area contributed by atoms with Crippen molar-refractivity contribution in [2.75, 3.05) is 0 Å². The zero-order chi connectivity index (χ0) is 9.35. The van der Waals surface area contributed by atoms with Gasteiger partial charge in [0.2, 0.25) is 0 Å². The summed E-state index contributed by atoms with van der Waals surface area (Å²) in [6.45, 7) is 1.61. The molecule has 0 fully saturated rings. The van der Waals surface area contributed by atoms with Gasteiger partial charge in [-0.3, -0.25) is 0 Å². The molecule has 0 spiro atoms. The van der Waals surface area contributed by atoms with E-state index in [2.05, 4.69) is 0 Å². The lowest BCUT2D eigenvalue weighted by atomic mass is 10.3. The van der Waals surface area contributed by atoms with Gasteiger partial charge in [-0.05, 0) is 35.0 Å². The second kappa shape index (κ2) is 3.14. The maximum absolute atomic E-state index is 12.4. The molecule has 1 atom stereocenters. The van der Waals surface area contributed by atoms with Gasteiger partial charge in [0.25, 0.3) is 0 Å². The van der Waals surface area contributed by atoms with E-state index < -0.39 is 10.9 Å². The summed E-state index contributed by atoms with van der Waals surface area (Å²) in [7, 11) is 0. The van der Waals surface area contributed by atoms with Gasteiger partial charge in [0, 0.05) is 0 Å². The summed E-state index contributed by atoms with van der Waals surface area (Å²) in [5, 5.41) is 8.98. The fourth-order valence-corrected chi connectivity index (χ4v) is 0.987. The first-order valence-electron chi connectivity index (χ1n) is 3.22. The van der Waals surface area contributed by atoms with Gasteiger partial charge in [0.1, 0.15) is 11.5 Å². The topological polar surface area (TPSA) is 33.4 Å². The third-order valence-corrected chi connectivity index (χ3v) is 1.77. The van der Waals surface area contributed by atoms with E-state index in [1.54, 1.807) is 6.92 Å². The molecule has 1 N–H and O–H groups in total. The minimum absolute atomic E-state index is 0.144. The predicted octanol–water partition coefficient (Wildman–Crippen LogP) is 2.61. The summed E-state index contributed by atoms with van der Waals surface area (Å²) in [6, 6.07) is 2.83. The van der Waals surface area contributed by atoms with Crippen molar-refractivity contribution in [2.45, 2.75) is 17.9 Å². The summed E-state index contributed by atoms with van der Waals surface area (Å²) < 4.78 is 29.6. The number of hydrogen-bond donors (Lipinski definition) is 1. The summed E-state index contributed by atoms with van der Waals surface area (Å²) in [4.78, 5) is -3.35. The number of aryl methyl sites for hydroxylation is 1. The normalized spacial score (nSPS) is 14.8. The van der Waals surface area contributed by atoms with Gasteiger partial charge in [-0.15, -0.1) is 0 Å². The van der Waals surface area contributed by atoms with Crippen LogP contribution < -0.4 is 0 Å². The Morgan fingerprint density at radius 2 is 2.17 bits per heavy atom. The van der Waals surface area contributed by atoms with Crippen LogP contribution in [0.15, 0.2) is 16.5 Å². The van der Waals surface area contributed by atoms with Crippen molar-refractivity contribution in [3.05, 3.63) is 23.7 Å². The lowest BCUT2D eigenvalue weighted by Crippen LogP contribution is -2.17. The molecule has 1 heterocycles. The fourth-order valence-electron chi connectivity index (χ4n) is 0.762. The zero-order valence-corrected chi connectivity index (χ0v) is 7.81. The van der Waals surface area contributed by atoms with E-state index in [0.29, 0.717) is 5.76 Å². The highest BCUT2D eigenvalue weighted by atomic mass is 79.9. The van der Waals surface area contributed by atoms with Crippen LogP contribution >= 0.6 is 15.9 Å². The van der Waals surface area contributed by atoms with Gasteiger partial charge in [0.05, 0.1) is 0 Å². The van der Waals surface area contributed by atoms with Gasteiger partial charge in [-0.1, -0.05) is 0 Å². The van der Waals surface area contributed by atoms with Crippen LogP contribution in [0.1, 0.15) is 17.6 Å². The fraction of sp³-hybridized carbons (Fsp3) is 0.429. The first kappa shape index (κ1) is 9.67. The van der Waals surface area contributed by atoms with Crippen molar-refractivity contribution in [3.63, 3.8) is 0 Å². The second-order valence-electron chi connectivity index (χ2n) is 2.39. The molecule has 0 saturated carbocycles. The highest BCUT2D eigenvalue weighted by molar-refractivity contribution is 9.10.